The minimum atomic E-state index is -0.312. The van der Waals surface area contributed by atoms with Crippen molar-refractivity contribution in [2.75, 3.05) is 11.6 Å². The molecule has 0 saturated heterocycles. The van der Waals surface area contributed by atoms with Crippen molar-refractivity contribution >= 4 is 5.69 Å². The van der Waals surface area contributed by atoms with E-state index in [1.807, 2.05) is 44.2 Å². The lowest BCUT2D eigenvalue weighted by molar-refractivity contribution is -0.479. The zero-order chi connectivity index (χ0) is 10.6. The first-order valence-electron chi connectivity index (χ1n) is 4.54. The van der Waals surface area contributed by atoms with E-state index >= 15 is 0 Å². The largest absolute Gasteiger partial charge is 0.310 e. The molecule has 0 aromatic heterocycles. The molecule has 0 fully saturated rings. The maximum Gasteiger partial charge on any atom is 0.278 e. The topological polar surface area (TPSA) is 46.4 Å². The highest BCUT2D eigenvalue weighted by Gasteiger charge is 2.14. The summed E-state index contributed by atoms with van der Waals surface area (Å²) in [6.45, 7) is 3.73. The average Bonchev–Trinajstić information content (AvgIpc) is 2.15. The molecule has 1 rings (SSSR count). The van der Waals surface area contributed by atoms with Gasteiger partial charge >= 0.3 is 0 Å². The number of hydrogen-bond donors (Lipinski definition) is 0. The molecule has 0 bridgehead atoms. The number of hydrogen-bond acceptors (Lipinski definition) is 3. The van der Waals surface area contributed by atoms with Crippen LogP contribution >= 0.6 is 0 Å². The summed E-state index contributed by atoms with van der Waals surface area (Å²) in [6, 6.07) is 9.54. The Labute approximate surface area is 83.3 Å². The van der Waals surface area contributed by atoms with E-state index in [1.54, 1.807) is 4.90 Å². The molecule has 14 heavy (non-hydrogen) atoms. The van der Waals surface area contributed by atoms with Crippen LogP contribution in [0.4, 0.5) is 5.69 Å². The molecule has 76 valence electrons. The summed E-state index contributed by atoms with van der Waals surface area (Å²) in [5, 5.41) is 10.5. The molecule has 4 nitrogen and oxygen atoms in total. The van der Waals surface area contributed by atoms with Crippen LogP contribution in [0, 0.1) is 10.1 Å². The number of nitrogens with zero attached hydrogens (tertiary/aromatic N) is 2. The number of rotatable bonds is 4. The molecule has 4 heteroatoms. The SMILES string of the molecule is CC(C)N(C[N+](=O)[O-])c1ccccc1. The summed E-state index contributed by atoms with van der Waals surface area (Å²) in [5.41, 5.74) is 0.888. The van der Waals surface area contributed by atoms with Gasteiger partial charge in [-0.05, 0) is 26.0 Å². The van der Waals surface area contributed by atoms with Crippen LogP contribution in [-0.2, 0) is 0 Å². The Bertz CT molecular complexity index is 298. The predicted octanol–water partition coefficient (Wildman–Crippen LogP) is 2.14. The first-order valence-corrected chi connectivity index (χ1v) is 4.54. The van der Waals surface area contributed by atoms with E-state index in [0.29, 0.717) is 0 Å². The lowest BCUT2D eigenvalue weighted by Gasteiger charge is -2.24. The Morgan fingerprint density at radius 3 is 2.36 bits per heavy atom. The maximum atomic E-state index is 10.5. The number of benzene rings is 1. The molecule has 0 aliphatic heterocycles. The van der Waals surface area contributed by atoms with Gasteiger partial charge in [0, 0.05) is 16.7 Å². The van der Waals surface area contributed by atoms with Gasteiger partial charge in [-0.1, -0.05) is 18.2 Å². The molecule has 0 amide bonds. The Hall–Kier alpha value is -1.58. The van der Waals surface area contributed by atoms with Crippen molar-refractivity contribution < 1.29 is 4.92 Å². The minimum Gasteiger partial charge on any atom is -0.310 e. The van der Waals surface area contributed by atoms with Gasteiger partial charge in [0.2, 0.25) is 0 Å². The Morgan fingerprint density at radius 2 is 1.93 bits per heavy atom. The lowest BCUT2D eigenvalue weighted by atomic mass is 10.2. The van der Waals surface area contributed by atoms with Crippen molar-refractivity contribution in [1.29, 1.82) is 0 Å². The van der Waals surface area contributed by atoms with Gasteiger partial charge in [-0.3, -0.25) is 10.1 Å². The quantitative estimate of drug-likeness (QED) is 0.419. The Morgan fingerprint density at radius 1 is 1.36 bits per heavy atom. The van der Waals surface area contributed by atoms with Gasteiger partial charge in [0.15, 0.2) is 0 Å². The van der Waals surface area contributed by atoms with Gasteiger partial charge in [0.25, 0.3) is 6.67 Å². The fourth-order valence-electron chi connectivity index (χ4n) is 1.29. The molecule has 0 spiro atoms. The van der Waals surface area contributed by atoms with Crippen molar-refractivity contribution in [2.24, 2.45) is 0 Å². The van der Waals surface area contributed by atoms with E-state index in [2.05, 4.69) is 0 Å². The molecule has 0 N–H and O–H groups in total. The zero-order valence-corrected chi connectivity index (χ0v) is 8.38. The highest BCUT2D eigenvalue weighted by molar-refractivity contribution is 5.46. The summed E-state index contributed by atoms with van der Waals surface area (Å²) in [6.07, 6.45) is 0. The van der Waals surface area contributed by atoms with E-state index in [1.165, 1.54) is 0 Å². The van der Waals surface area contributed by atoms with Gasteiger partial charge in [0.05, 0.1) is 0 Å². The van der Waals surface area contributed by atoms with Gasteiger partial charge in [-0.15, -0.1) is 0 Å². The first-order chi connectivity index (χ1) is 6.61. The molecular weight excluding hydrogens is 180 g/mol. The number of anilines is 1. The molecule has 0 heterocycles. The third kappa shape index (κ3) is 2.73. The van der Waals surface area contributed by atoms with Crippen LogP contribution in [0.25, 0.3) is 0 Å². The van der Waals surface area contributed by atoms with Crippen LogP contribution in [0.2, 0.25) is 0 Å². The second-order valence-corrected chi connectivity index (χ2v) is 3.37. The van der Waals surface area contributed by atoms with Crippen molar-refractivity contribution in [3.63, 3.8) is 0 Å². The Balaban J connectivity index is 2.83. The Kier molecular flexibility index (Phi) is 3.45. The monoisotopic (exact) mass is 194 g/mol. The van der Waals surface area contributed by atoms with Crippen LogP contribution < -0.4 is 4.90 Å². The van der Waals surface area contributed by atoms with E-state index in [9.17, 15) is 10.1 Å². The standard InChI is InChI=1S/C10H14N2O2/c1-9(2)11(8-12(13)14)10-6-4-3-5-7-10/h3-7,9H,8H2,1-2H3. The van der Waals surface area contributed by atoms with Crippen molar-refractivity contribution in [3.8, 4) is 0 Å². The molecule has 0 aliphatic carbocycles. The summed E-state index contributed by atoms with van der Waals surface area (Å²) in [5.74, 6) is 0. The third-order valence-electron chi connectivity index (χ3n) is 1.98. The molecule has 0 saturated carbocycles. The van der Waals surface area contributed by atoms with Gasteiger partial charge in [-0.25, -0.2) is 0 Å². The second kappa shape index (κ2) is 4.60. The van der Waals surface area contributed by atoms with E-state index in [0.717, 1.165) is 5.69 Å². The molecular formula is C10H14N2O2. The number of nitro groups is 1. The van der Waals surface area contributed by atoms with Crippen LogP contribution in [0.1, 0.15) is 13.8 Å². The molecule has 0 radical (unpaired) electrons. The molecule has 0 atom stereocenters. The summed E-state index contributed by atoms with van der Waals surface area (Å²) < 4.78 is 0. The molecule has 1 aromatic rings. The average molecular weight is 194 g/mol. The van der Waals surface area contributed by atoms with Crippen molar-refractivity contribution in [2.45, 2.75) is 19.9 Å². The lowest BCUT2D eigenvalue weighted by Crippen LogP contribution is -2.35. The first kappa shape index (κ1) is 10.5. The molecule has 0 unspecified atom stereocenters. The molecule has 0 aliphatic rings. The second-order valence-electron chi connectivity index (χ2n) is 3.37. The van der Waals surface area contributed by atoms with E-state index in [-0.39, 0.29) is 17.6 Å². The van der Waals surface area contributed by atoms with Gasteiger partial charge in [-0.2, -0.15) is 0 Å². The smallest absolute Gasteiger partial charge is 0.278 e. The highest BCUT2D eigenvalue weighted by Crippen LogP contribution is 2.15. The van der Waals surface area contributed by atoms with E-state index in [4.69, 9.17) is 0 Å². The van der Waals surface area contributed by atoms with Crippen molar-refractivity contribution in [3.05, 3.63) is 40.4 Å². The van der Waals surface area contributed by atoms with Crippen LogP contribution in [0.5, 0.6) is 0 Å². The fraction of sp³-hybridized carbons (Fsp3) is 0.400. The van der Waals surface area contributed by atoms with Crippen LogP contribution in [-0.4, -0.2) is 17.6 Å². The minimum absolute atomic E-state index is 0.128. The number of para-hydroxylation sites is 1. The summed E-state index contributed by atoms with van der Waals surface area (Å²) >= 11 is 0. The fourth-order valence-corrected chi connectivity index (χ4v) is 1.29. The highest BCUT2D eigenvalue weighted by atomic mass is 16.6. The van der Waals surface area contributed by atoms with Crippen molar-refractivity contribution in [1.82, 2.24) is 0 Å². The maximum absolute atomic E-state index is 10.5. The van der Waals surface area contributed by atoms with E-state index < -0.39 is 0 Å². The summed E-state index contributed by atoms with van der Waals surface area (Å²) in [4.78, 5) is 11.9. The van der Waals surface area contributed by atoms with Gasteiger partial charge < -0.3 is 4.90 Å². The van der Waals surface area contributed by atoms with Gasteiger partial charge in [0.1, 0.15) is 0 Å². The molecule has 1 aromatic carbocycles. The van der Waals surface area contributed by atoms with Crippen LogP contribution in [0.3, 0.4) is 0 Å². The zero-order valence-electron chi connectivity index (χ0n) is 8.38. The third-order valence-corrected chi connectivity index (χ3v) is 1.98. The normalized spacial score (nSPS) is 10.2. The predicted molar refractivity (Wildman–Crippen MR) is 55.9 cm³/mol. The summed E-state index contributed by atoms with van der Waals surface area (Å²) in [7, 11) is 0. The van der Waals surface area contributed by atoms with Crippen LogP contribution in [0.15, 0.2) is 30.3 Å².